The van der Waals surface area contributed by atoms with Crippen LogP contribution in [0.2, 0.25) is 0 Å². The molecule has 0 amide bonds. The third-order valence-electron chi connectivity index (χ3n) is 2.17. The van der Waals surface area contributed by atoms with E-state index >= 15 is 0 Å². The van der Waals surface area contributed by atoms with Crippen LogP contribution in [0.15, 0.2) is 24.4 Å². The smallest absolute Gasteiger partial charge is 0.114 e. The van der Waals surface area contributed by atoms with Gasteiger partial charge in [0.1, 0.15) is 11.8 Å². The minimum Gasteiger partial charge on any atom is -0.350 e. The lowest BCUT2D eigenvalue weighted by Crippen LogP contribution is -2.33. The summed E-state index contributed by atoms with van der Waals surface area (Å²) in [5.41, 5.74) is 0.780. The van der Waals surface area contributed by atoms with Crippen LogP contribution < -0.4 is 5.32 Å². The molecule has 1 atom stereocenters. The summed E-state index contributed by atoms with van der Waals surface area (Å²) in [7, 11) is 0. The third kappa shape index (κ3) is 1.87. The SMILES string of the molecule is CC1(C)NCC(c2ccccn2)O1. The molecule has 13 heavy (non-hydrogen) atoms. The van der Waals surface area contributed by atoms with E-state index in [-0.39, 0.29) is 11.8 Å². The van der Waals surface area contributed by atoms with E-state index in [0.29, 0.717) is 0 Å². The van der Waals surface area contributed by atoms with Gasteiger partial charge in [0.2, 0.25) is 0 Å². The van der Waals surface area contributed by atoms with Crippen molar-refractivity contribution in [3.63, 3.8) is 0 Å². The highest BCUT2D eigenvalue weighted by Crippen LogP contribution is 2.26. The van der Waals surface area contributed by atoms with E-state index in [9.17, 15) is 0 Å². The molecule has 0 aromatic carbocycles. The van der Waals surface area contributed by atoms with E-state index in [1.807, 2.05) is 32.0 Å². The number of hydrogen-bond acceptors (Lipinski definition) is 3. The number of pyridine rings is 1. The highest BCUT2D eigenvalue weighted by molar-refractivity contribution is 5.09. The van der Waals surface area contributed by atoms with Crippen molar-refractivity contribution in [3.8, 4) is 0 Å². The lowest BCUT2D eigenvalue weighted by atomic mass is 10.2. The fourth-order valence-electron chi connectivity index (χ4n) is 1.51. The van der Waals surface area contributed by atoms with E-state index in [2.05, 4.69) is 10.3 Å². The second kappa shape index (κ2) is 3.09. The third-order valence-corrected chi connectivity index (χ3v) is 2.17. The fourth-order valence-corrected chi connectivity index (χ4v) is 1.51. The zero-order chi connectivity index (χ0) is 9.31. The van der Waals surface area contributed by atoms with E-state index in [1.165, 1.54) is 0 Å². The van der Waals surface area contributed by atoms with Gasteiger partial charge in [-0.05, 0) is 26.0 Å². The molecule has 0 saturated carbocycles. The number of rotatable bonds is 1. The maximum Gasteiger partial charge on any atom is 0.114 e. The maximum absolute atomic E-state index is 5.76. The Hall–Kier alpha value is -0.930. The van der Waals surface area contributed by atoms with E-state index in [4.69, 9.17) is 4.74 Å². The first-order valence-corrected chi connectivity index (χ1v) is 4.51. The molecule has 1 unspecified atom stereocenters. The topological polar surface area (TPSA) is 34.2 Å². The Bertz CT molecular complexity index is 284. The van der Waals surface area contributed by atoms with Gasteiger partial charge >= 0.3 is 0 Å². The first kappa shape index (κ1) is 8.66. The number of ether oxygens (including phenoxy) is 1. The van der Waals surface area contributed by atoms with Crippen LogP contribution in [-0.2, 0) is 4.74 Å². The van der Waals surface area contributed by atoms with Crippen molar-refractivity contribution >= 4 is 0 Å². The molecule has 0 bridgehead atoms. The predicted molar refractivity (Wildman–Crippen MR) is 50.1 cm³/mol. The van der Waals surface area contributed by atoms with Crippen LogP contribution in [0.25, 0.3) is 0 Å². The molecular formula is C10H14N2O. The van der Waals surface area contributed by atoms with Gasteiger partial charge in [-0.25, -0.2) is 0 Å². The van der Waals surface area contributed by atoms with Gasteiger partial charge in [0.25, 0.3) is 0 Å². The molecule has 1 N–H and O–H groups in total. The lowest BCUT2D eigenvalue weighted by molar-refractivity contribution is -0.0256. The summed E-state index contributed by atoms with van der Waals surface area (Å²) in [5.74, 6) is 0. The van der Waals surface area contributed by atoms with Crippen LogP contribution in [0.3, 0.4) is 0 Å². The minimum absolute atomic E-state index is 0.0937. The second-order valence-electron chi connectivity index (χ2n) is 3.75. The molecule has 2 heterocycles. The average molecular weight is 178 g/mol. The van der Waals surface area contributed by atoms with Crippen LogP contribution in [-0.4, -0.2) is 17.3 Å². The Balaban J connectivity index is 2.13. The first-order valence-electron chi connectivity index (χ1n) is 4.51. The Labute approximate surface area is 78.1 Å². The molecule has 1 aliphatic heterocycles. The largest absolute Gasteiger partial charge is 0.350 e. The van der Waals surface area contributed by atoms with E-state index in [0.717, 1.165) is 12.2 Å². The van der Waals surface area contributed by atoms with Gasteiger partial charge in [-0.1, -0.05) is 6.07 Å². The van der Waals surface area contributed by atoms with Crippen molar-refractivity contribution in [3.05, 3.63) is 30.1 Å². The highest BCUT2D eigenvalue weighted by atomic mass is 16.5. The predicted octanol–water partition coefficient (Wildman–Crippen LogP) is 1.48. The first-order chi connectivity index (χ1) is 6.17. The number of aromatic nitrogens is 1. The molecule has 0 aliphatic carbocycles. The normalized spacial score (nSPS) is 26.2. The Morgan fingerprint density at radius 2 is 2.38 bits per heavy atom. The molecule has 1 aliphatic rings. The van der Waals surface area contributed by atoms with Crippen LogP contribution in [0.1, 0.15) is 25.6 Å². The van der Waals surface area contributed by atoms with Gasteiger partial charge in [0.15, 0.2) is 0 Å². The monoisotopic (exact) mass is 178 g/mol. The summed E-state index contributed by atoms with van der Waals surface area (Å²) in [4.78, 5) is 4.26. The summed E-state index contributed by atoms with van der Waals surface area (Å²) < 4.78 is 5.76. The summed E-state index contributed by atoms with van der Waals surface area (Å²) in [5, 5.41) is 3.28. The molecule has 1 aromatic rings. The zero-order valence-electron chi connectivity index (χ0n) is 7.95. The van der Waals surface area contributed by atoms with Crippen LogP contribution >= 0.6 is 0 Å². The molecule has 70 valence electrons. The number of nitrogens with one attached hydrogen (secondary N) is 1. The molecule has 0 spiro atoms. The van der Waals surface area contributed by atoms with Crippen molar-refractivity contribution in [1.29, 1.82) is 0 Å². The van der Waals surface area contributed by atoms with Gasteiger partial charge in [0, 0.05) is 12.7 Å². The number of nitrogens with zero attached hydrogens (tertiary/aromatic N) is 1. The minimum atomic E-state index is -0.220. The molecule has 3 nitrogen and oxygen atoms in total. The molecule has 1 fully saturated rings. The quantitative estimate of drug-likeness (QED) is 0.707. The molecule has 1 saturated heterocycles. The maximum atomic E-state index is 5.76. The molecule has 0 radical (unpaired) electrons. The summed E-state index contributed by atoms with van der Waals surface area (Å²) in [6.45, 7) is 4.88. The van der Waals surface area contributed by atoms with Crippen molar-refractivity contribution in [1.82, 2.24) is 10.3 Å². The molecular weight excluding hydrogens is 164 g/mol. The van der Waals surface area contributed by atoms with E-state index in [1.54, 1.807) is 6.20 Å². The summed E-state index contributed by atoms with van der Waals surface area (Å²) >= 11 is 0. The molecule has 2 rings (SSSR count). The molecule has 3 heteroatoms. The van der Waals surface area contributed by atoms with E-state index < -0.39 is 0 Å². The summed E-state index contributed by atoms with van der Waals surface area (Å²) in [6.07, 6.45) is 1.89. The van der Waals surface area contributed by atoms with Gasteiger partial charge < -0.3 is 4.74 Å². The van der Waals surface area contributed by atoms with Gasteiger partial charge in [0.05, 0.1) is 5.69 Å². The van der Waals surface area contributed by atoms with Crippen LogP contribution in [0.4, 0.5) is 0 Å². The van der Waals surface area contributed by atoms with Crippen LogP contribution in [0, 0.1) is 0 Å². The van der Waals surface area contributed by atoms with Gasteiger partial charge in [-0.2, -0.15) is 0 Å². The second-order valence-corrected chi connectivity index (χ2v) is 3.75. The van der Waals surface area contributed by atoms with Crippen molar-refractivity contribution < 1.29 is 4.74 Å². The van der Waals surface area contributed by atoms with Gasteiger partial charge in [-0.3, -0.25) is 10.3 Å². The fraction of sp³-hybridized carbons (Fsp3) is 0.500. The average Bonchev–Trinajstić information content (AvgIpc) is 2.48. The van der Waals surface area contributed by atoms with Crippen molar-refractivity contribution in [2.75, 3.05) is 6.54 Å². The summed E-state index contributed by atoms with van der Waals surface area (Å²) in [6, 6.07) is 5.89. The Morgan fingerprint density at radius 3 is 2.92 bits per heavy atom. The Morgan fingerprint density at radius 1 is 1.54 bits per heavy atom. The lowest BCUT2D eigenvalue weighted by Gasteiger charge is -2.18. The number of hydrogen-bond donors (Lipinski definition) is 1. The van der Waals surface area contributed by atoms with Crippen molar-refractivity contribution in [2.45, 2.75) is 25.7 Å². The highest BCUT2D eigenvalue weighted by Gasteiger charge is 2.32. The van der Waals surface area contributed by atoms with Gasteiger partial charge in [-0.15, -0.1) is 0 Å². The molecule has 1 aromatic heterocycles. The van der Waals surface area contributed by atoms with Crippen molar-refractivity contribution in [2.24, 2.45) is 0 Å². The zero-order valence-corrected chi connectivity index (χ0v) is 7.95. The van der Waals surface area contributed by atoms with Crippen LogP contribution in [0.5, 0.6) is 0 Å². The standard InChI is InChI=1S/C10H14N2O/c1-10(2)12-7-9(13-10)8-5-3-4-6-11-8/h3-6,9,12H,7H2,1-2H3. The Kier molecular flexibility index (Phi) is 2.06.